The van der Waals surface area contributed by atoms with Crippen molar-refractivity contribution in [2.24, 2.45) is 4.99 Å². The Balaban J connectivity index is 1.56. The molecule has 1 aromatic carbocycles. The van der Waals surface area contributed by atoms with Crippen molar-refractivity contribution in [1.82, 2.24) is 4.57 Å². The number of allylic oxidation sites excluding steroid dienone is 1. The number of carbonyl (C=O) groups is 1. The molecule has 2 aliphatic heterocycles. The highest BCUT2D eigenvalue weighted by molar-refractivity contribution is 7.10. The van der Waals surface area contributed by atoms with Crippen LogP contribution in [0.3, 0.4) is 0 Å². The molecule has 1 saturated heterocycles. The van der Waals surface area contributed by atoms with Crippen LogP contribution in [0.25, 0.3) is 6.08 Å². The monoisotopic (exact) mass is 493 g/mol. The zero-order valence-electron chi connectivity index (χ0n) is 19.3. The van der Waals surface area contributed by atoms with Gasteiger partial charge in [-0.3, -0.25) is 9.36 Å². The molecule has 2 aliphatic rings. The van der Waals surface area contributed by atoms with E-state index in [1.54, 1.807) is 11.5 Å². The fraction of sp³-hybridized carbons (Fsp3) is 0.346. The lowest BCUT2D eigenvalue weighted by Gasteiger charge is -2.28. The molecule has 1 atom stereocenters. The van der Waals surface area contributed by atoms with Crippen molar-refractivity contribution < 1.29 is 9.53 Å². The third-order valence-corrected chi connectivity index (χ3v) is 8.15. The summed E-state index contributed by atoms with van der Waals surface area (Å²) >= 11 is 2.87. The molecule has 6 nitrogen and oxygen atoms in total. The quantitative estimate of drug-likeness (QED) is 0.507. The van der Waals surface area contributed by atoms with Gasteiger partial charge in [-0.15, -0.1) is 11.3 Å². The topological polar surface area (TPSA) is 63.9 Å². The fourth-order valence-corrected chi connectivity index (χ4v) is 6.46. The van der Waals surface area contributed by atoms with Crippen molar-refractivity contribution in [1.29, 1.82) is 0 Å². The van der Waals surface area contributed by atoms with Crippen LogP contribution in [-0.4, -0.2) is 30.2 Å². The highest BCUT2D eigenvalue weighted by Gasteiger charge is 2.33. The zero-order valence-corrected chi connectivity index (χ0v) is 21.0. The molecule has 4 heterocycles. The van der Waals surface area contributed by atoms with Crippen molar-refractivity contribution in [2.75, 3.05) is 24.6 Å². The number of hydrogen-bond donors (Lipinski definition) is 0. The predicted octanol–water partition coefficient (Wildman–Crippen LogP) is 3.85. The molecule has 0 aliphatic carbocycles. The average molecular weight is 494 g/mol. The minimum Gasteiger partial charge on any atom is -0.463 e. The van der Waals surface area contributed by atoms with E-state index in [4.69, 9.17) is 4.74 Å². The van der Waals surface area contributed by atoms with Crippen LogP contribution in [0.5, 0.6) is 0 Å². The molecule has 0 saturated carbocycles. The van der Waals surface area contributed by atoms with Gasteiger partial charge in [0.25, 0.3) is 5.56 Å². The Labute approximate surface area is 206 Å². The maximum Gasteiger partial charge on any atom is 0.338 e. The molecule has 0 unspecified atom stereocenters. The largest absolute Gasteiger partial charge is 0.463 e. The summed E-state index contributed by atoms with van der Waals surface area (Å²) in [7, 11) is 0. The van der Waals surface area contributed by atoms with Crippen molar-refractivity contribution in [3.05, 3.63) is 83.2 Å². The minimum atomic E-state index is -0.529. The highest BCUT2D eigenvalue weighted by Crippen LogP contribution is 2.33. The van der Waals surface area contributed by atoms with Gasteiger partial charge in [0.15, 0.2) is 4.80 Å². The first-order valence-electron chi connectivity index (χ1n) is 11.6. The number of aromatic nitrogens is 1. The third kappa shape index (κ3) is 4.28. The number of anilines is 1. The van der Waals surface area contributed by atoms with Crippen LogP contribution in [0.1, 0.15) is 49.6 Å². The Bertz CT molecular complexity index is 1390. The number of carbonyl (C=O) groups excluding carboxylic acids is 1. The van der Waals surface area contributed by atoms with E-state index < -0.39 is 12.0 Å². The van der Waals surface area contributed by atoms with Crippen LogP contribution in [0.4, 0.5) is 5.69 Å². The van der Waals surface area contributed by atoms with Gasteiger partial charge in [-0.05, 0) is 68.3 Å². The number of piperidine rings is 1. The first-order valence-corrected chi connectivity index (χ1v) is 13.3. The molecular weight excluding hydrogens is 466 g/mol. The molecule has 176 valence electrons. The number of hydrogen-bond acceptors (Lipinski definition) is 7. The van der Waals surface area contributed by atoms with Crippen LogP contribution >= 0.6 is 22.7 Å². The normalized spacial score (nSPS) is 18.6. The summed E-state index contributed by atoms with van der Waals surface area (Å²) in [5.41, 5.74) is 3.08. The molecule has 0 radical (unpaired) electrons. The van der Waals surface area contributed by atoms with Crippen molar-refractivity contribution in [3.8, 4) is 0 Å². The first kappa shape index (κ1) is 22.8. The van der Waals surface area contributed by atoms with Crippen molar-refractivity contribution in [3.63, 3.8) is 0 Å². The lowest BCUT2D eigenvalue weighted by Crippen LogP contribution is -2.39. The molecule has 3 aromatic rings. The summed E-state index contributed by atoms with van der Waals surface area (Å²) in [6.07, 6.45) is 5.70. The van der Waals surface area contributed by atoms with E-state index in [0.29, 0.717) is 20.6 Å². The zero-order chi connectivity index (χ0) is 23.7. The molecule has 5 rings (SSSR count). The minimum absolute atomic E-state index is 0.142. The van der Waals surface area contributed by atoms with Gasteiger partial charge in [0.05, 0.1) is 22.4 Å². The summed E-state index contributed by atoms with van der Waals surface area (Å²) in [5, 5.41) is 1.95. The van der Waals surface area contributed by atoms with Gasteiger partial charge >= 0.3 is 5.97 Å². The molecule has 0 spiro atoms. The van der Waals surface area contributed by atoms with Crippen LogP contribution in [0.2, 0.25) is 0 Å². The summed E-state index contributed by atoms with van der Waals surface area (Å²) in [5.74, 6) is -0.426. The number of fused-ring (bicyclic) bond motifs is 1. The van der Waals surface area contributed by atoms with Crippen LogP contribution in [0, 0.1) is 0 Å². The molecule has 8 heteroatoms. The predicted molar refractivity (Wildman–Crippen MR) is 137 cm³/mol. The molecular formula is C26H27N3O3S2. The summed E-state index contributed by atoms with van der Waals surface area (Å²) in [6.45, 7) is 6.05. The lowest BCUT2D eigenvalue weighted by atomic mass is 10.0. The Hall–Kier alpha value is -2.97. The fourth-order valence-electron chi connectivity index (χ4n) is 4.59. The highest BCUT2D eigenvalue weighted by atomic mass is 32.1. The van der Waals surface area contributed by atoms with Gasteiger partial charge in [0, 0.05) is 23.7 Å². The molecule has 0 bridgehead atoms. The SMILES string of the molecule is CCOC(=O)C1=C(C)N=c2s/c(=C/c3ccc(N4CCCCC4)cc3)c(=O)n2[C@@H]1c1cccs1. The molecule has 0 amide bonds. The third-order valence-electron chi connectivity index (χ3n) is 6.24. The van der Waals surface area contributed by atoms with Gasteiger partial charge in [-0.2, -0.15) is 0 Å². The number of esters is 1. The van der Waals surface area contributed by atoms with Gasteiger partial charge in [0.1, 0.15) is 6.04 Å². The van der Waals surface area contributed by atoms with Crippen molar-refractivity contribution in [2.45, 2.75) is 39.2 Å². The van der Waals surface area contributed by atoms with Crippen LogP contribution in [-0.2, 0) is 9.53 Å². The second kappa shape index (κ2) is 9.72. The van der Waals surface area contributed by atoms with Gasteiger partial charge in [-0.25, -0.2) is 9.79 Å². The van der Waals surface area contributed by atoms with Gasteiger partial charge in [0.2, 0.25) is 0 Å². The standard InChI is InChI=1S/C26H27N3O3S2/c1-3-32-25(31)22-17(2)27-26-29(23(22)20-8-7-15-33-20)24(30)21(34-26)16-18-9-11-19(12-10-18)28-13-5-4-6-14-28/h7-12,15-16,23H,3-6,13-14H2,1-2H3/b21-16+/t23-/m1/s1. The van der Waals surface area contributed by atoms with E-state index in [1.807, 2.05) is 30.5 Å². The number of rotatable bonds is 5. The van der Waals surface area contributed by atoms with E-state index in [1.165, 1.54) is 47.6 Å². The maximum atomic E-state index is 13.6. The maximum absolute atomic E-state index is 13.6. The summed E-state index contributed by atoms with van der Waals surface area (Å²) < 4.78 is 7.57. The van der Waals surface area contributed by atoms with E-state index in [9.17, 15) is 9.59 Å². The average Bonchev–Trinajstić information content (AvgIpc) is 3.48. The Kier molecular flexibility index (Phi) is 6.52. The second-order valence-electron chi connectivity index (χ2n) is 8.46. The Morgan fingerprint density at radius 2 is 1.94 bits per heavy atom. The Morgan fingerprint density at radius 1 is 1.18 bits per heavy atom. The van der Waals surface area contributed by atoms with Crippen LogP contribution < -0.4 is 19.8 Å². The van der Waals surface area contributed by atoms with Gasteiger partial charge in [-0.1, -0.05) is 29.5 Å². The smallest absolute Gasteiger partial charge is 0.338 e. The molecule has 0 N–H and O–H groups in total. The van der Waals surface area contributed by atoms with Gasteiger partial charge < -0.3 is 9.64 Å². The molecule has 34 heavy (non-hydrogen) atoms. The summed E-state index contributed by atoms with van der Waals surface area (Å²) in [6, 6.07) is 11.7. The Morgan fingerprint density at radius 3 is 2.62 bits per heavy atom. The van der Waals surface area contributed by atoms with E-state index in [-0.39, 0.29) is 12.2 Å². The van der Waals surface area contributed by atoms with Crippen molar-refractivity contribution >= 4 is 40.4 Å². The number of thiazole rings is 1. The van der Waals surface area contributed by atoms with E-state index in [2.05, 4.69) is 34.2 Å². The number of benzene rings is 1. The molecule has 1 fully saturated rings. The molecule has 2 aromatic heterocycles. The number of thiophene rings is 1. The lowest BCUT2D eigenvalue weighted by molar-refractivity contribution is -0.139. The van der Waals surface area contributed by atoms with E-state index >= 15 is 0 Å². The number of ether oxygens (including phenoxy) is 1. The van der Waals surface area contributed by atoms with Crippen LogP contribution in [0.15, 0.2) is 62.8 Å². The number of nitrogens with zero attached hydrogens (tertiary/aromatic N) is 3. The van der Waals surface area contributed by atoms with E-state index in [0.717, 1.165) is 23.5 Å². The first-order chi connectivity index (χ1) is 16.6. The second-order valence-corrected chi connectivity index (χ2v) is 10.4. The summed E-state index contributed by atoms with van der Waals surface area (Å²) in [4.78, 5) is 35.0.